The third-order valence-corrected chi connectivity index (χ3v) is 5.57. The van der Waals surface area contributed by atoms with Crippen LogP contribution in [0.4, 0.5) is 0 Å². The summed E-state index contributed by atoms with van der Waals surface area (Å²) in [6.07, 6.45) is 1.97. The molecule has 2 amide bonds. The van der Waals surface area contributed by atoms with Gasteiger partial charge in [0, 0.05) is 28.0 Å². The third-order valence-electron chi connectivity index (χ3n) is 4.69. The molecule has 6 nitrogen and oxygen atoms in total. The highest BCUT2D eigenvalue weighted by atomic mass is 32.1. The average molecular weight is 404 g/mol. The number of benzene rings is 2. The molecule has 3 N–H and O–H groups in total. The van der Waals surface area contributed by atoms with E-state index >= 15 is 0 Å². The van der Waals surface area contributed by atoms with E-state index in [0.29, 0.717) is 0 Å². The van der Waals surface area contributed by atoms with Gasteiger partial charge in [0.25, 0.3) is 5.91 Å². The van der Waals surface area contributed by atoms with E-state index in [1.807, 2.05) is 56.4 Å². The number of hydrazine groups is 1. The summed E-state index contributed by atoms with van der Waals surface area (Å²) in [5, 5.41) is 3.46. The van der Waals surface area contributed by atoms with Gasteiger partial charge in [-0.1, -0.05) is 42.0 Å². The Labute approximate surface area is 172 Å². The first-order chi connectivity index (χ1) is 14.0. The molecule has 0 atom stereocenters. The fourth-order valence-electron chi connectivity index (χ4n) is 3.24. The summed E-state index contributed by atoms with van der Waals surface area (Å²) in [6.45, 7) is 4.06. The zero-order valence-corrected chi connectivity index (χ0v) is 16.9. The van der Waals surface area contributed by atoms with Gasteiger partial charge in [0.15, 0.2) is 0 Å². The maximum atomic E-state index is 12.4. The zero-order chi connectivity index (χ0) is 20.4. The first-order valence-electron chi connectivity index (χ1n) is 9.18. The van der Waals surface area contributed by atoms with Crippen molar-refractivity contribution in [3.8, 4) is 10.6 Å². The molecule has 0 fully saturated rings. The van der Waals surface area contributed by atoms with Gasteiger partial charge >= 0.3 is 0 Å². The van der Waals surface area contributed by atoms with Gasteiger partial charge in [-0.3, -0.25) is 20.4 Å². The standard InChI is InChI=1S/C22H20N4O2S/c1-13-7-8-16(14(2)9-13)22-24-19(12-29-22)21(28)26-25-20(27)10-15-11-23-18-6-4-3-5-17(15)18/h3-9,11-12,23H,10H2,1-2H3,(H,25,27)(H,26,28). The first kappa shape index (κ1) is 18.9. The van der Waals surface area contributed by atoms with Crippen LogP contribution in [0, 0.1) is 13.8 Å². The first-order valence-corrected chi connectivity index (χ1v) is 10.1. The predicted octanol–water partition coefficient (Wildman–Crippen LogP) is 3.91. The summed E-state index contributed by atoms with van der Waals surface area (Å²) in [5.41, 5.74) is 10.3. The molecule has 7 heteroatoms. The zero-order valence-electron chi connectivity index (χ0n) is 16.1. The molecule has 4 rings (SSSR count). The summed E-state index contributed by atoms with van der Waals surface area (Å²) in [5.74, 6) is -0.738. The molecule has 0 saturated carbocycles. The number of H-pyrrole nitrogens is 1. The molecule has 2 aromatic carbocycles. The van der Waals surface area contributed by atoms with Crippen molar-refractivity contribution < 1.29 is 9.59 Å². The number of amides is 2. The molecule has 0 unspecified atom stereocenters. The van der Waals surface area contributed by atoms with Crippen LogP contribution in [0.1, 0.15) is 27.2 Å². The van der Waals surface area contributed by atoms with Crippen LogP contribution < -0.4 is 10.9 Å². The van der Waals surface area contributed by atoms with Crippen LogP contribution in [0.5, 0.6) is 0 Å². The summed E-state index contributed by atoms with van der Waals surface area (Å²) in [4.78, 5) is 32.1. The molecule has 0 aliphatic rings. The Morgan fingerprint density at radius 1 is 1.10 bits per heavy atom. The molecule has 0 spiro atoms. The number of nitrogens with one attached hydrogen (secondary N) is 3. The molecular weight excluding hydrogens is 384 g/mol. The lowest BCUT2D eigenvalue weighted by Gasteiger charge is -2.06. The van der Waals surface area contributed by atoms with Crippen molar-refractivity contribution in [1.82, 2.24) is 20.8 Å². The lowest BCUT2D eigenvalue weighted by molar-refractivity contribution is -0.121. The minimum absolute atomic E-state index is 0.162. The Bertz CT molecular complexity index is 1210. The number of hydrogen-bond acceptors (Lipinski definition) is 4. The summed E-state index contributed by atoms with van der Waals surface area (Å²) in [6, 6.07) is 13.9. The molecule has 0 saturated heterocycles. The van der Waals surface area contributed by atoms with E-state index in [1.54, 1.807) is 5.38 Å². The minimum Gasteiger partial charge on any atom is -0.361 e. The normalized spacial score (nSPS) is 10.8. The third kappa shape index (κ3) is 4.05. The van der Waals surface area contributed by atoms with Crippen LogP contribution in [0.25, 0.3) is 21.5 Å². The molecule has 0 aliphatic carbocycles. The number of carbonyl (C=O) groups excluding carboxylic acids is 2. The number of carbonyl (C=O) groups is 2. The number of nitrogens with zero attached hydrogens (tertiary/aromatic N) is 1. The van der Waals surface area contributed by atoms with Crippen molar-refractivity contribution in [2.45, 2.75) is 20.3 Å². The summed E-state index contributed by atoms with van der Waals surface area (Å²) in [7, 11) is 0. The number of hydrogen-bond donors (Lipinski definition) is 3. The lowest BCUT2D eigenvalue weighted by atomic mass is 10.1. The van der Waals surface area contributed by atoms with Gasteiger partial charge in [-0.25, -0.2) is 4.98 Å². The van der Waals surface area contributed by atoms with E-state index in [1.165, 1.54) is 16.9 Å². The monoisotopic (exact) mass is 404 g/mol. The lowest BCUT2D eigenvalue weighted by Crippen LogP contribution is -2.42. The van der Waals surface area contributed by atoms with Gasteiger partial charge in [0.1, 0.15) is 10.7 Å². The quantitative estimate of drug-likeness (QED) is 0.451. The van der Waals surface area contributed by atoms with Crippen LogP contribution in [-0.4, -0.2) is 21.8 Å². The van der Waals surface area contributed by atoms with Gasteiger partial charge in [-0.05, 0) is 31.0 Å². The fraction of sp³-hybridized carbons (Fsp3) is 0.136. The van der Waals surface area contributed by atoms with E-state index in [2.05, 4.69) is 26.9 Å². The topological polar surface area (TPSA) is 86.9 Å². The second kappa shape index (κ2) is 7.89. The number of aromatic nitrogens is 2. The Morgan fingerprint density at radius 2 is 1.93 bits per heavy atom. The van der Waals surface area contributed by atoms with Crippen molar-refractivity contribution in [2.24, 2.45) is 0 Å². The predicted molar refractivity (Wildman–Crippen MR) is 115 cm³/mol. The molecule has 0 bridgehead atoms. The highest BCUT2D eigenvalue weighted by molar-refractivity contribution is 7.13. The minimum atomic E-state index is -0.440. The molecule has 4 aromatic rings. The summed E-state index contributed by atoms with van der Waals surface area (Å²) >= 11 is 1.40. The molecule has 0 radical (unpaired) electrons. The Balaban J connectivity index is 1.38. The van der Waals surface area contributed by atoms with Crippen molar-refractivity contribution in [3.63, 3.8) is 0 Å². The van der Waals surface area contributed by atoms with Gasteiger partial charge in [0.05, 0.1) is 6.42 Å². The highest BCUT2D eigenvalue weighted by Crippen LogP contribution is 2.27. The van der Waals surface area contributed by atoms with E-state index < -0.39 is 5.91 Å². The van der Waals surface area contributed by atoms with E-state index in [4.69, 9.17) is 0 Å². The van der Waals surface area contributed by atoms with Crippen molar-refractivity contribution in [2.75, 3.05) is 0 Å². The molecule has 0 aliphatic heterocycles. The van der Waals surface area contributed by atoms with Crippen LogP contribution >= 0.6 is 11.3 Å². The Kier molecular flexibility index (Phi) is 5.14. The van der Waals surface area contributed by atoms with E-state index in [-0.39, 0.29) is 18.0 Å². The number of aromatic amines is 1. The smallest absolute Gasteiger partial charge is 0.289 e. The number of thiazole rings is 1. The van der Waals surface area contributed by atoms with Crippen LogP contribution in [0.2, 0.25) is 0 Å². The Morgan fingerprint density at radius 3 is 2.76 bits per heavy atom. The number of aryl methyl sites for hydroxylation is 2. The maximum absolute atomic E-state index is 12.4. The number of para-hydroxylation sites is 1. The molecular formula is C22H20N4O2S. The van der Waals surface area contributed by atoms with Crippen LogP contribution in [-0.2, 0) is 11.2 Å². The second-order valence-corrected chi connectivity index (χ2v) is 7.75. The van der Waals surface area contributed by atoms with Crippen molar-refractivity contribution >= 4 is 34.1 Å². The number of rotatable bonds is 4. The van der Waals surface area contributed by atoms with E-state index in [9.17, 15) is 9.59 Å². The molecule has 29 heavy (non-hydrogen) atoms. The van der Waals surface area contributed by atoms with Crippen LogP contribution in [0.3, 0.4) is 0 Å². The van der Waals surface area contributed by atoms with Crippen molar-refractivity contribution in [1.29, 1.82) is 0 Å². The van der Waals surface area contributed by atoms with Crippen LogP contribution in [0.15, 0.2) is 54.0 Å². The molecule has 2 aromatic heterocycles. The van der Waals surface area contributed by atoms with Gasteiger partial charge < -0.3 is 4.98 Å². The Hall–Kier alpha value is -3.45. The van der Waals surface area contributed by atoms with Gasteiger partial charge in [0.2, 0.25) is 5.91 Å². The second-order valence-electron chi connectivity index (χ2n) is 6.89. The fourth-order valence-corrected chi connectivity index (χ4v) is 4.13. The van der Waals surface area contributed by atoms with E-state index in [0.717, 1.165) is 32.6 Å². The maximum Gasteiger partial charge on any atom is 0.289 e. The number of fused-ring (bicyclic) bond motifs is 1. The highest BCUT2D eigenvalue weighted by Gasteiger charge is 2.15. The van der Waals surface area contributed by atoms with Gasteiger partial charge in [-0.2, -0.15) is 0 Å². The molecule has 146 valence electrons. The largest absolute Gasteiger partial charge is 0.361 e. The van der Waals surface area contributed by atoms with Crippen molar-refractivity contribution in [3.05, 3.63) is 76.4 Å². The molecule has 2 heterocycles. The summed E-state index contributed by atoms with van der Waals surface area (Å²) < 4.78 is 0. The average Bonchev–Trinajstić information content (AvgIpc) is 3.34. The van der Waals surface area contributed by atoms with Gasteiger partial charge in [-0.15, -0.1) is 11.3 Å². The SMILES string of the molecule is Cc1ccc(-c2nc(C(=O)NNC(=O)Cc3c[nH]c4ccccc34)cs2)c(C)c1.